The van der Waals surface area contributed by atoms with Gasteiger partial charge in [0.25, 0.3) is 5.91 Å². The van der Waals surface area contributed by atoms with Gasteiger partial charge in [-0.2, -0.15) is 0 Å². The fourth-order valence-electron chi connectivity index (χ4n) is 2.43. The number of aryl methyl sites for hydroxylation is 1. The molecule has 3 N–H and O–H groups in total. The maximum atomic E-state index is 12.3. The third kappa shape index (κ3) is 6.94. The molecule has 3 amide bonds. The van der Waals surface area contributed by atoms with Crippen LogP contribution in [0.1, 0.15) is 27.7 Å². The summed E-state index contributed by atoms with van der Waals surface area (Å²) in [5.74, 6) is -1.67. The van der Waals surface area contributed by atoms with Gasteiger partial charge >= 0.3 is 12.0 Å². The molecule has 0 fully saturated rings. The van der Waals surface area contributed by atoms with E-state index in [0.717, 1.165) is 4.88 Å². The number of imide groups is 1. The van der Waals surface area contributed by atoms with E-state index in [2.05, 4.69) is 15.4 Å². The van der Waals surface area contributed by atoms with Crippen molar-refractivity contribution in [3.05, 3.63) is 51.7 Å². The summed E-state index contributed by atoms with van der Waals surface area (Å²) in [4.78, 5) is 36.8. The molecular weight excluding hydrogens is 430 g/mol. The predicted octanol–water partition coefficient (Wildman–Crippen LogP) is 1.58. The Bertz CT molecular complexity index is 1000. The SMILES string of the molecule is CCNS(=O)(=O)c1ccc(C)c(C(=O)OCC(=O)NC(=O)NCCc2cccs2)c1. The van der Waals surface area contributed by atoms with Crippen LogP contribution in [0, 0.1) is 6.92 Å². The van der Waals surface area contributed by atoms with Crippen molar-refractivity contribution in [1.29, 1.82) is 0 Å². The Labute approximate surface area is 178 Å². The molecule has 1 aromatic heterocycles. The van der Waals surface area contributed by atoms with Crippen molar-refractivity contribution in [1.82, 2.24) is 15.4 Å². The minimum Gasteiger partial charge on any atom is -0.452 e. The number of urea groups is 1. The first-order valence-electron chi connectivity index (χ1n) is 9.10. The number of sulfonamides is 1. The van der Waals surface area contributed by atoms with Crippen molar-refractivity contribution in [2.45, 2.75) is 25.2 Å². The van der Waals surface area contributed by atoms with Gasteiger partial charge in [0, 0.05) is 18.0 Å². The molecule has 0 aliphatic heterocycles. The van der Waals surface area contributed by atoms with E-state index in [1.54, 1.807) is 25.2 Å². The molecule has 2 aromatic rings. The molecule has 9 nitrogen and oxygen atoms in total. The van der Waals surface area contributed by atoms with E-state index in [1.807, 2.05) is 17.5 Å². The van der Waals surface area contributed by atoms with Gasteiger partial charge in [-0.1, -0.05) is 19.1 Å². The molecule has 30 heavy (non-hydrogen) atoms. The summed E-state index contributed by atoms with van der Waals surface area (Å²) >= 11 is 1.57. The van der Waals surface area contributed by atoms with Gasteiger partial charge in [-0.15, -0.1) is 11.3 Å². The van der Waals surface area contributed by atoms with Crippen molar-refractivity contribution < 1.29 is 27.5 Å². The van der Waals surface area contributed by atoms with E-state index in [9.17, 15) is 22.8 Å². The highest BCUT2D eigenvalue weighted by molar-refractivity contribution is 7.89. The van der Waals surface area contributed by atoms with E-state index < -0.39 is 34.5 Å². The van der Waals surface area contributed by atoms with Crippen LogP contribution in [-0.4, -0.2) is 46.0 Å². The highest BCUT2D eigenvalue weighted by atomic mass is 32.2. The molecule has 1 heterocycles. The number of hydrogen-bond donors (Lipinski definition) is 3. The van der Waals surface area contributed by atoms with Crippen LogP contribution in [0.4, 0.5) is 4.79 Å². The minimum absolute atomic E-state index is 0.0159. The molecule has 162 valence electrons. The van der Waals surface area contributed by atoms with E-state index in [1.165, 1.54) is 18.2 Å². The topological polar surface area (TPSA) is 131 Å². The Morgan fingerprint density at radius 3 is 2.60 bits per heavy atom. The van der Waals surface area contributed by atoms with Crippen LogP contribution in [0.25, 0.3) is 0 Å². The van der Waals surface area contributed by atoms with Crippen LogP contribution in [0.15, 0.2) is 40.6 Å². The summed E-state index contributed by atoms with van der Waals surface area (Å²) in [6.07, 6.45) is 0.639. The maximum absolute atomic E-state index is 12.3. The molecule has 11 heteroatoms. The standard InChI is InChI=1S/C19H23N3O6S2/c1-3-21-30(26,27)15-7-6-13(2)16(11-15)18(24)28-12-17(23)22-19(25)20-9-8-14-5-4-10-29-14/h4-7,10-11,21H,3,8-9,12H2,1-2H3,(H2,20,22,23,25). The first-order chi connectivity index (χ1) is 14.2. The summed E-state index contributed by atoms with van der Waals surface area (Å²) in [5, 5.41) is 6.53. The summed E-state index contributed by atoms with van der Waals surface area (Å²) in [6, 6.07) is 7.19. The molecule has 0 saturated heterocycles. The highest BCUT2D eigenvalue weighted by Crippen LogP contribution is 2.16. The van der Waals surface area contributed by atoms with E-state index >= 15 is 0 Å². The molecule has 0 aliphatic rings. The fourth-order valence-corrected chi connectivity index (χ4v) is 4.21. The van der Waals surface area contributed by atoms with E-state index in [4.69, 9.17) is 4.74 Å². The Morgan fingerprint density at radius 2 is 1.93 bits per heavy atom. The van der Waals surface area contributed by atoms with E-state index in [0.29, 0.717) is 18.5 Å². The molecule has 0 saturated carbocycles. The van der Waals surface area contributed by atoms with Crippen LogP contribution in [-0.2, 0) is 26.0 Å². The molecule has 0 unspecified atom stereocenters. The summed E-state index contributed by atoms with van der Waals surface area (Å²) < 4.78 is 31.4. The second kappa shape index (κ2) is 10.9. The first-order valence-corrected chi connectivity index (χ1v) is 11.5. The molecule has 0 bridgehead atoms. The Hall–Kier alpha value is -2.76. The molecule has 1 aromatic carbocycles. The van der Waals surface area contributed by atoms with Crippen molar-refractivity contribution in [3.63, 3.8) is 0 Å². The second-order valence-corrected chi connectivity index (χ2v) is 8.99. The van der Waals surface area contributed by atoms with Crippen molar-refractivity contribution >= 4 is 39.3 Å². The lowest BCUT2D eigenvalue weighted by molar-refractivity contribution is -0.123. The molecule has 0 radical (unpaired) electrons. The second-order valence-electron chi connectivity index (χ2n) is 6.19. The number of hydrogen-bond acceptors (Lipinski definition) is 7. The zero-order chi connectivity index (χ0) is 22.1. The average molecular weight is 454 g/mol. The largest absolute Gasteiger partial charge is 0.452 e. The maximum Gasteiger partial charge on any atom is 0.338 e. The number of thiophene rings is 1. The molecule has 0 aliphatic carbocycles. The van der Waals surface area contributed by atoms with Crippen molar-refractivity contribution in [2.24, 2.45) is 0 Å². The van der Waals surface area contributed by atoms with E-state index in [-0.39, 0.29) is 17.0 Å². The molecule has 2 rings (SSSR count). The molecule has 0 spiro atoms. The van der Waals surface area contributed by atoms with Gasteiger partial charge in [0.05, 0.1) is 10.5 Å². The third-order valence-corrected chi connectivity index (χ3v) is 6.38. The summed E-state index contributed by atoms with van der Waals surface area (Å²) in [5.41, 5.74) is 0.504. The lowest BCUT2D eigenvalue weighted by Gasteiger charge is -2.10. The van der Waals surface area contributed by atoms with Crippen LogP contribution < -0.4 is 15.4 Å². The predicted molar refractivity (Wildman–Crippen MR) is 112 cm³/mol. The summed E-state index contributed by atoms with van der Waals surface area (Å²) in [6.45, 7) is 3.12. The Balaban J connectivity index is 1.85. The van der Waals surface area contributed by atoms with Gasteiger partial charge in [0.2, 0.25) is 10.0 Å². The minimum atomic E-state index is -3.74. The van der Waals surface area contributed by atoms with Gasteiger partial charge in [0.15, 0.2) is 6.61 Å². The van der Waals surface area contributed by atoms with Gasteiger partial charge in [-0.3, -0.25) is 10.1 Å². The number of rotatable bonds is 9. The Kier molecular flexibility index (Phi) is 8.51. The lowest BCUT2D eigenvalue weighted by Crippen LogP contribution is -2.42. The molecule has 0 atom stereocenters. The number of esters is 1. The van der Waals surface area contributed by atoms with Crippen LogP contribution in [0.3, 0.4) is 0 Å². The number of carbonyl (C=O) groups excluding carboxylic acids is 3. The number of ether oxygens (including phenoxy) is 1. The zero-order valence-electron chi connectivity index (χ0n) is 16.6. The van der Waals surface area contributed by atoms with Crippen molar-refractivity contribution in [3.8, 4) is 0 Å². The van der Waals surface area contributed by atoms with Gasteiger partial charge in [-0.25, -0.2) is 22.7 Å². The highest BCUT2D eigenvalue weighted by Gasteiger charge is 2.19. The van der Waals surface area contributed by atoms with Gasteiger partial charge in [-0.05, 0) is 42.5 Å². The van der Waals surface area contributed by atoms with Crippen molar-refractivity contribution in [2.75, 3.05) is 19.7 Å². The lowest BCUT2D eigenvalue weighted by atomic mass is 10.1. The zero-order valence-corrected chi connectivity index (χ0v) is 18.2. The number of benzene rings is 1. The monoisotopic (exact) mass is 453 g/mol. The number of carbonyl (C=O) groups is 3. The normalized spacial score (nSPS) is 11.0. The smallest absolute Gasteiger partial charge is 0.338 e. The first kappa shape index (κ1) is 23.5. The Morgan fingerprint density at radius 1 is 1.17 bits per heavy atom. The number of nitrogens with one attached hydrogen (secondary N) is 3. The fraction of sp³-hybridized carbons (Fsp3) is 0.316. The number of amides is 3. The van der Waals surface area contributed by atoms with Crippen LogP contribution in [0.5, 0.6) is 0 Å². The molecular formula is C19H23N3O6S2. The average Bonchev–Trinajstić information content (AvgIpc) is 3.19. The van der Waals surface area contributed by atoms with Gasteiger partial charge in [0.1, 0.15) is 0 Å². The third-order valence-electron chi connectivity index (χ3n) is 3.90. The van der Waals surface area contributed by atoms with Crippen LogP contribution in [0.2, 0.25) is 0 Å². The van der Waals surface area contributed by atoms with Crippen LogP contribution >= 0.6 is 11.3 Å². The quantitative estimate of drug-likeness (QED) is 0.494. The summed E-state index contributed by atoms with van der Waals surface area (Å²) in [7, 11) is -3.74. The van der Waals surface area contributed by atoms with Gasteiger partial charge < -0.3 is 10.1 Å².